The number of hydrogen-bond donors (Lipinski definition) is 1. The van der Waals surface area contributed by atoms with E-state index in [0.29, 0.717) is 0 Å². The van der Waals surface area contributed by atoms with Crippen molar-refractivity contribution in [2.24, 2.45) is 0 Å². The Labute approximate surface area is 78.3 Å². The Morgan fingerprint density at radius 3 is 2.46 bits per heavy atom. The summed E-state index contributed by atoms with van der Waals surface area (Å²) in [5.74, 6) is 0. The minimum Gasteiger partial charge on any atom is -0.336 e. The number of urea groups is 1. The van der Waals surface area contributed by atoms with Crippen molar-refractivity contribution in [1.82, 2.24) is 15.1 Å². The highest BCUT2D eigenvalue weighted by molar-refractivity contribution is 5.74. The van der Waals surface area contributed by atoms with Crippen LogP contribution in [0.15, 0.2) is 0 Å². The summed E-state index contributed by atoms with van der Waals surface area (Å²) in [4.78, 5) is 15.2. The van der Waals surface area contributed by atoms with E-state index in [1.54, 1.807) is 4.90 Å². The molecular formula is C8H16N3O2. The number of carbonyl (C=O) groups excluding carboxylic acids is 1. The summed E-state index contributed by atoms with van der Waals surface area (Å²) >= 11 is 0. The van der Waals surface area contributed by atoms with Crippen LogP contribution in [-0.2, 0) is 5.11 Å². The number of nitrogens with zero attached hydrogens (tertiary/aromatic N) is 2. The number of hydrogen-bond acceptors (Lipinski definition) is 2. The first kappa shape index (κ1) is 10.3. The Kier molecular flexibility index (Phi) is 3.98. The summed E-state index contributed by atoms with van der Waals surface area (Å²) in [7, 11) is 2.03. The van der Waals surface area contributed by atoms with E-state index in [-0.39, 0.29) is 19.2 Å². The Morgan fingerprint density at radius 1 is 1.31 bits per heavy atom. The zero-order chi connectivity index (χ0) is 9.68. The Morgan fingerprint density at radius 2 is 1.92 bits per heavy atom. The molecule has 1 rings (SSSR count). The molecular weight excluding hydrogens is 170 g/mol. The highest BCUT2D eigenvalue weighted by Gasteiger charge is 2.17. The number of nitrogens with one attached hydrogen (secondary N) is 1. The van der Waals surface area contributed by atoms with Crippen molar-refractivity contribution in [3.63, 3.8) is 0 Å². The van der Waals surface area contributed by atoms with Gasteiger partial charge in [-0.3, -0.25) is 0 Å². The van der Waals surface area contributed by atoms with Crippen LogP contribution in [0.2, 0.25) is 0 Å². The van der Waals surface area contributed by atoms with Gasteiger partial charge in [-0.2, -0.15) is 0 Å². The SMILES string of the molecule is CN1CCN(C(=O)NCC[O])CC1. The first-order chi connectivity index (χ1) is 6.24. The van der Waals surface area contributed by atoms with Crippen LogP contribution in [-0.4, -0.2) is 62.2 Å². The molecule has 1 aliphatic heterocycles. The standard InChI is InChI=1S/C8H16N3O2/c1-10-3-5-11(6-4-10)8(13)9-2-7-12/h2-7H2,1H3,(H,9,13). The van der Waals surface area contributed by atoms with Crippen LogP contribution in [0.1, 0.15) is 0 Å². The number of carbonyl (C=O) groups is 1. The van der Waals surface area contributed by atoms with E-state index in [0.717, 1.165) is 26.2 Å². The second kappa shape index (κ2) is 5.04. The van der Waals surface area contributed by atoms with Crippen molar-refractivity contribution in [1.29, 1.82) is 0 Å². The van der Waals surface area contributed by atoms with Gasteiger partial charge in [-0.1, -0.05) is 0 Å². The maximum absolute atomic E-state index is 11.3. The van der Waals surface area contributed by atoms with Crippen LogP contribution in [0, 0.1) is 0 Å². The van der Waals surface area contributed by atoms with Gasteiger partial charge in [-0.25, -0.2) is 9.90 Å². The number of likely N-dealkylation sites (N-methyl/N-ethyl adjacent to an activating group) is 1. The monoisotopic (exact) mass is 186 g/mol. The maximum Gasteiger partial charge on any atom is 0.317 e. The van der Waals surface area contributed by atoms with Gasteiger partial charge in [0.2, 0.25) is 0 Å². The van der Waals surface area contributed by atoms with E-state index in [1.165, 1.54) is 0 Å². The molecule has 1 aliphatic rings. The third kappa shape index (κ3) is 3.20. The van der Waals surface area contributed by atoms with Gasteiger partial charge < -0.3 is 15.1 Å². The summed E-state index contributed by atoms with van der Waals surface area (Å²) in [6.07, 6.45) is 0. The van der Waals surface area contributed by atoms with Crippen LogP contribution in [0.3, 0.4) is 0 Å². The molecule has 0 spiro atoms. The first-order valence-electron chi connectivity index (χ1n) is 4.53. The minimum absolute atomic E-state index is 0.107. The van der Waals surface area contributed by atoms with Crippen LogP contribution in [0.25, 0.3) is 0 Å². The zero-order valence-corrected chi connectivity index (χ0v) is 7.95. The molecule has 0 aromatic carbocycles. The van der Waals surface area contributed by atoms with Crippen LogP contribution >= 0.6 is 0 Å². The molecule has 0 unspecified atom stereocenters. The highest BCUT2D eigenvalue weighted by Crippen LogP contribution is 1.98. The smallest absolute Gasteiger partial charge is 0.317 e. The Bertz CT molecular complexity index is 167. The molecule has 0 aliphatic carbocycles. The number of piperazine rings is 1. The van der Waals surface area contributed by atoms with Crippen LogP contribution in [0.5, 0.6) is 0 Å². The Balaban J connectivity index is 2.23. The van der Waals surface area contributed by atoms with Gasteiger partial charge in [0.25, 0.3) is 0 Å². The lowest BCUT2D eigenvalue weighted by Crippen LogP contribution is -2.50. The van der Waals surface area contributed by atoms with Gasteiger partial charge in [0.05, 0.1) is 6.61 Å². The van der Waals surface area contributed by atoms with E-state index < -0.39 is 0 Å². The van der Waals surface area contributed by atoms with E-state index >= 15 is 0 Å². The molecule has 0 aromatic rings. The molecule has 1 fully saturated rings. The molecule has 75 valence electrons. The molecule has 5 heteroatoms. The second-order valence-electron chi connectivity index (χ2n) is 3.23. The van der Waals surface area contributed by atoms with E-state index in [2.05, 4.69) is 10.2 Å². The molecule has 5 nitrogen and oxygen atoms in total. The van der Waals surface area contributed by atoms with Gasteiger partial charge >= 0.3 is 6.03 Å². The first-order valence-corrected chi connectivity index (χ1v) is 4.53. The predicted molar refractivity (Wildman–Crippen MR) is 48.0 cm³/mol. The van der Waals surface area contributed by atoms with Crippen molar-refractivity contribution in [3.8, 4) is 0 Å². The fourth-order valence-corrected chi connectivity index (χ4v) is 1.28. The molecule has 0 saturated carbocycles. The van der Waals surface area contributed by atoms with Crippen LogP contribution < -0.4 is 5.32 Å². The summed E-state index contributed by atoms with van der Waals surface area (Å²) in [6.45, 7) is 3.29. The minimum atomic E-state index is -0.251. The van der Waals surface area contributed by atoms with Crippen molar-refractivity contribution in [2.75, 3.05) is 46.4 Å². The van der Waals surface area contributed by atoms with Gasteiger partial charge in [0.15, 0.2) is 0 Å². The van der Waals surface area contributed by atoms with Crippen molar-refractivity contribution >= 4 is 6.03 Å². The lowest BCUT2D eigenvalue weighted by Gasteiger charge is -2.32. The maximum atomic E-state index is 11.3. The quantitative estimate of drug-likeness (QED) is 0.624. The average Bonchev–Trinajstić information content (AvgIpc) is 2.15. The lowest BCUT2D eigenvalue weighted by atomic mass is 10.3. The van der Waals surface area contributed by atoms with Gasteiger partial charge in [0.1, 0.15) is 0 Å². The van der Waals surface area contributed by atoms with E-state index in [4.69, 9.17) is 0 Å². The second-order valence-corrected chi connectivity index (χ2v) is 3.23. The van der Waals surface area contributed by atoms with Crippen molar-refractivity contribution in [2.45, 2.75) is 0 Å². The highest BCUT2D eigenvalue weighted by atomic mass is 16.3. The fraction of sp³-hybridized carbons (Fsp3) is 0.875. The molecule has 2 amide bonds. The molecule has 1 saturated heterocycles. The summed E-state index contributed by atoms with van der Waals surface area (Å²) in [6, 6.07) is -0.107. The third-order valence-electron chi connectivity index (χ3n) is 2.17. The van der Waals surface area contributed by atoms with E-state index in [1.807, 2.05) is 7.05 Å². The zero-order valence-electron chi connectivity index (χ0n) is 7.95. The van der Waals surface area contributed by atoms with Crippen LogP contribution in [0.4, 0.5) is 4.79 Å². The normalized spacial score (nSPS) is 18.8. The van der Waals surface area contributed by atoms with Crippen molar-refractivity contribution in [3.05, 3.63) is 0 Å². The number of rotatable bonds is 2. The third-order valence-corrected chi connectivity index (χ3v) is 2.17. The fourth-order valence-electron chi connectivity index (χ4n) is 1.28. The summed E-state index contributed by atoms with van der Waals surface area (Å²) < 4.78 is 0. The van der Waals surface area contributed by atoms with Crippen molar-refractivity contribution < 1.29 is 9.90 Å². The molecule has 0 bridgehead atoms. The molecule has 1 N–H and O–H groups in total. The largest absolute Gasteiger partial charge is 0.336 e. The molecule has 1 heterocycles. The lowest BCUT2D eigenvalue weighted by molar-refractivity contribution is 0.147. The number of amides is 2. The summed E-state index contributed by atoms with van der Waals surface area (Å²) in [5.41, 5.74) is 0. The van der Waals surface area contributed by atoms with Gasteiger partial charge in [-0.15, -0.1) is 0 Å². The predicted octanol–water partition coefficient (Wildman–Crippen LogP) is -0.626. The molecule has 0 aromatic heterocycles. The van der Waals surface area contributed by atoms with Gasteiger partial charge in [0, 0.05) is 32.7 Å². The molecule has 1 radical (unpaired) electrons. The Hall–Kier alpha value is -0.810. The topological polar surface area (TPSA) is 55.5 Å². The average molecular weight is 186 g/mol. The molecule has 0 atom stereocenters. The van der Waals surface area contributed by atoms with Gasteiger partial charge in [-0.05, 0) is 7.05 Å². The summed E-state index contributed by atoms with van der Waals surface area (Å²) in [5, 5.41) is 12.7. The van der Waals surface area contributed by atoms with E-state index in [9.17, 15) is 9.90 Å². The molecule has 13 heavy (non-hydrogen) atoms.